The van der Waals surface area contributed by atoms with Gasteiger partial charge in [0.1, 0.15) is 0 Å². The van der Waals surface area contributed by atoms with Gasteiger partial charge in [0.2, 0.25) is 0 Å². The Morgan fingerprint density at radius 2 is 2.41 bits per heavy atom. The maximum atomic E-state index is 12.3. The molecule has 1 N–H and O–H groups in total. The van der Waals surface area contributed by atoms with Crippen molar-refractivity contribution in [3.63, 3.8) is 0 Å². The average molecular weight is 319 g/mol. The number of rotatable bonds is 4. The quantitative estimate of drug-likeness (QED) is 0.942. The summed E-state index contributed by atoms with van der Waals surface area (Å²) in [5.41, 5.74) is 2.26. The van der Waals surface area contributed by atoms with E-state index >= 15 is 0 Å². The highest BCUT2D eigenvalue weighted by molar-refractivity contribution is 7.13. The molecule has 3 heterocycles. The fraction of sp³-hybridized carbons (Fsp3) is 0.533. The summed E-state index contributed by atoms with van der Waals surface area (Å²) in [6.07, 6.45) is 6.87. The lowest BCUT2D eigenvalue weighted by molar-refractivity contribution is 0.221. The van der Waals surface area contributed by atoms with E-state index in [1.807, 2.05) is 34.4 Å². The number of likely N-dealkylation sites (tertiary alicyclic amines) is 1. The Morgan fingerprint density at radius 3 is 3.09 bits per heavy atom. The Labute approximate surface area is 134 Å². The second-order valence-corrected chi connectivity index (χ2v) is 6.61. The summed E-state index contributed by atoms with van der Waals surface area (Å²) in [7, 11) is 1.93. The summed E-state index contributed by atoms with van der Waals surface area (Å²) in [4.78, 5) is 18.5. The van der Waals surface area contributed by atoms with Crippen molar-refractivity contribution >= 4 is 22.5 Å². The molecule has 0 spiro atoms. The van der Waals surface area contributed by atoms with Crippen molar-refractivity contribution in [2.24, 2.45) is 13.0 Å². The van der Waals surface area contributed by atoms with Crippen LogP contribution in [0.1, 0.15) is 24.6 Å². The van der Waals surface area contributed by atoms with Crippen molar-refractivity contribution in [3.8, 4) is 0 Å². The monoisotopic (exact) mass is 319 g/mol. The second kappa shape index (κ2) is 6.48. The molecule has 1 saturated heterocycles. The summed E-state index contributed by atoms with van der Waals surface area (Å²) in [6, 6.07) is -0.0364. The first-order valence-corrected chi connectivity index (χ1v) is 8.50. The zero-order valence-corrected chi connectivity index (χ0v) is 13.8. The van der Waals surface area contributed by atoms with Crippen molar-refractivity contribution in [2.45, 2.75) is 26.2 Å². The lowest BCUT2D eigenvalue weighted by Gasteiger charge is -2.16. The number of anilines is 1. The van der Waals surface area contributed by atoms with E-state index in [1.54, 1.807) is 0 Å². The average Bonchev–Trinajstić information content (AvgIpc) is 3.21. The third kappa shape index (κ3) is 3.47. The van der Waals surface area contributed by atoms with Crippen LogP contribution in [0.5, 0.6) is 0 Å². The Hall–Kier alpha value is -1.89. The van der Waals surface area contributed by atoms with Crippen LogP contribution in [-0.4, -0.2) is 38.8 Å². The van der Waals surface area contributed by atoms with E-state index in [0.717, 1.165) is 38.0 Å². The Balaban J connectivity index is 1.52. The van der Waals surface area contributed by atoms with E-state index < -0.39 is 0 Å². The zero-order chi connectivity index (χ0) is 15.5. The molecule has 0 aliphatic carbocycles. The minimum absolute atomic E-state index is 0.0364. The predicted molar refractivity (Wildman–Crippen MR) is 87.1 cm³/mol. The topological polar surface area (TPSA) is 63.1 Å². The number of carbonyl (C=O) groups excluding carboxylic acids is 1. The third-order valence-electron chi connectivity index (χ3n) is 3.98. The van der Waals surface area contributed by atoms with Gasteiger partial charge in [-0.2, -0.15) is 5.10 Å². The molecule has 0 unspecified atom stereocenters. The SMILES string of the molecule is CCc1csc(NC(=O)N2CC[C@@H](Cc3cnn(C)c3)C2)n1. The number of aromatic nitrogens is 3. The number of urea groups is 1. The molecule has 1 atom stereocenters. The number of aryl methyl sites for hydroxylation is 2. The number of nitrogens with zero attached hydrogens (tertiary/aromatic N) is 4. The molecular formula is C15H21N5OS. The lowest BCUT2D eigenvalue weighted by Crippen LogP contribution is -2.33. The molecule has 118 valence electrons. The van der Waals surface area contributed by atoms with Crippen molar-refractivity contribution in [1.82, 2.24) is 19.7 Å². The van der Waals surface area contributed by atoms with E-state index in [0.29, 0.717) is 11.0 Å². The number of hydrogen-bond donors (Lipinski definition) is 1. The molecule has 1 fully saturated rings. The maximum Gasteiger partial charge on any atom is 0.323 e. The molecular weight excluding hydrogens is 298 g/mol. The van der Waals surface area contributed by atoms with Crippen LogP contribution in [0, 0.1) is 5.92 Å². The molecule has 1 aliphatic rings. The molecule has 6 nitrogen and oxygen atoms in total. The molecule has 3 rings (SSSR count). The van der Waals surface area contributed by atoms with Gasteiger partial charge in [0.05, 0.1) is 11.9 Å². The van der Waals surface area contributed by atoms with Gasteiger partial charge in [0, 0.05) is 31.7 Å². The maximum absolute atomic E-state index is 12.3. The van der Waals surface area contributed by atoms with Crippen LogP contribution in [0.4, 0.5) is 9.93 Å². The van der Waals surface area contributed by atoms with Gasteiger partial charge in [0.15, 0.2) is 5.13 Å². The molecule has 0 saturated carbocycles. The highest BCUT2D eigenvalue weighted by atomic mass is 32.1. The molecule has 2 aromatic rings. The van der Waals surface area contributed by atoms with Crippen molar-refractivity contribution in [1.29, 1.82) is 0 Å². The van der Waals surface area contributed by atoms with Gasteiger partial charge in [-0.05, 0) is 30.7 Å². The van der Waals surface area contributed by atoms with Gasteiger partial charge >= 0.3 is 6.03 Å². The molecule has 1 aliphatic heterocycles. The summed E-state index contributed by atoms with van der Waals surface area (Å²) in [6.45, 7) is 3.67. The fourth-order valence-corrected chi connectivity index (χ4v) is 3.57. The molecule has 2 amide bonds. The zero-order valence-electron chi connectivity index (χ0n) is 13.0. The standard InChI is InChI=1S/C15H21N5OS/c1-3-13-10-22-14(17-13)18-15(21)20-5-4-11(9-20)6-12-7-16-19(2)8-12/h7-8,10-11H,3-6,9H2,1-2H3,(H,17,18,21)/t11-/m0/s1. The predicted octanol–water partition coefficient (Wildman–Crippen LogP) is 2.54. The Bertz CT molecular complexity index is 650. The number of hydrogen-bond acceptors (Lipinski definition) is 4. The first kappa shape index (κ1) is 15.0. The van der Waals surface area contributed by atoms with Gasteiger partial charge in [0.25, 0.3) is 0 Å². The number of thiazole rings is 1. The van der Waals surface area contributed by atoms with Gasteiger partial charge < -0.3 is 4.90 Å². The van der Waals surface area contributed by atoms with E-state index in [1.165, 1.54) is 16.9 Å². The Kier molecular flexibility index (Phi) is 4.42. The summed E-state index contributed by atoms with van der Waals surface area (Å²) in [5, 5.41) is 9.78. The van der Waals surface area contributed by atoms with Crippen molar-refractivity contribution < 1.29 is 4.79 Å². The van der Waals surface area contributed by atoms with E-state index in [2.05, 4.69) is 22.3 Å². The molecule has 2 aromatic heterocycles. The fourth-order valence-electron chi connectivity index (χ4n) is 2.79. The van der Waals surface area contributed by atoms with Crippen molar-refractivity contribution in [3.05, 3.63) is 29.0 Å². The summed E-state index contributed by atoms with van der Waals surface area (Å²) in [5.74, 6) is 0.512. The molecule has 0 radical (unpaired) electrons. The molecule has 0 bridgehead atoms. The first-order chi connectivity index (χ1) is 10.6. The van der Waals surface area contributed by atoms with Crippen LogP contribution in [0.25, 0.3) is 0 Å². The van der Waals surface area contributed by atoms with Gasteiger partial charge in [-0.1, -0.05) is 6.92 Å². The smallest absolute Gasteiger partial charge is 0.323 e. The third-order valence-corrected chi connectivity index (χ3v) is 4.79. The number of amides is 2. The lowest BCUT2D eigenvalue weighted by atomic mass is 10.0. The van der Waals surface area contributed by atoms with Crippen LogP contribution in [0.15, 0.2) is 17.8 Å². The molecule has 22 heavy (non-hydrogen) atoms. The highest BCUT2D eigenvalue weighted by Crippen LogP contribution is 2.22. The molecule has 0 aromatic carbocycles. The Morgan fingerprint density at radius 1 is 1.55 bits per heavy atom. The van der Waals surface area contributed by atoms with Crippen LogP contribution in [0.3, 0.4) is 0 Å². The number of carbonyl (C=O) groups is 1. The van der Waals surface area contributed by atoms with Crippen LogP contribution in [0.2, 0.25) is 0 Å². The van der Waals surface area contributed by atoms with Crippen LogP contribution < -0.4 is 5.32 Å². The highest BCUT2D eigenvalue weighted by Gasteiger charge is 2.27. The first-order valence-electron chi connectivity index (χ1n) is 7.62. The van der Waals surface area contributed by atoms with Crippen LogP contribution >= 0.6 is 11.3 Å². The van der Waals surface area contributed by atoms with E-state index in [4.69, 9.17) is 0 Å². The number of nitrogens with one attached hydrogen (secondary N) is 1. The minimum atomic E-state index is -0.0364. The summed E-state index contributed by atoms with van der Waals surface area (Å²) < 4.78 is 1.82. The summed E-state index contributed by atoms with van der Waals surface area (Å²) >= 11 is 1.49. The van der Waals surface area contributed by atoms with Gasteiger partial charge in [-0.15, -0.1) is 11.3 Å². The van der Waals surface area contributed by atoms with E-state index in [9.17, 15) is 4.79 Å². The van der Waals surface area contributed by atoms with Crippen LogP contribution in [-0.2, 0) is 19.9 Å². The largest absolute Gasteiger partial charge is 0.324 e. The second-order valence-electron chi connectivity index (χ2n) is 5.75. The van der Waals surface area contributed by atoms with Gasteiger partial charge in [-0.3, -0.25) is 10.00 Å². The normalized spacial score (nSPS) is 17.9. The minimum Gasteiger partial charge on any atom is -0.324 e. The van der Waals surface area contributed by atoms with Gasteiger partial charge in [-0.25, -0.2) is 9.78 Å². The van der Waals surface area contributed by atoms with Crippen molar-refractivity contribution in [2.75, 3.05) is 18.4 Å². The van der Waals surface area contributed by atoms with E-state index in [-0.39, 0.29) is 6.03 Å². The molecule has 7 heteroatoms.